The quantitative estimate of drug-likeness (QED) is 0.395. The second-order valence-corrected chi connectivity index (χ2v) is 13.2. The number of ether oxygens (including phenoxy) is 1. The van der Waals surface area contributed by atoms with Gasteiger partial charge in [0, 0.05) is 16.3 Å². The molecule has 0 fully saturated rings. The summed E-state index contributed by atoms with van der Waals surface area (Å²) in [6.07, 6.45) is 2.18. The number of esters is 1. The van der Waals surface area contributed by atoms with Crippen molar-refractivity contribution in [2.75, 3.05) is 0 Å². The molecule has 0 amide bonds. The maximum Gasteiger partial charge on any atom is 0.330 e. The second-order valence-electron chi connectivity index (χ2n) is 4.90. The zero-order valence-electron chi connectivity index (χ0n) is 11.1. The van der Waals surface area contributed by atoms with Gasteiger partial charge in [-0.3, -0.25) is 0 Å². The Bertz CT molecular complexity index is 238. The molecule has 0 rings (SSSR count). The molecule has 94 valence electrons. The molecule has 0 N–H and O–H groups in total. The van der Waals surface area contributed by atoms with E-state index in [1.54, 1.807) is 0 Å². The van der Waals surface area contributed by atoms with Crippen molar-refractivity contribution < 1.29 is 13.6 Å². The number of rotatable bonds is 7. The summed E-state index contributed by atoms with van der Waals surface area (Å²) in [6.45, 7) is 12.1. The lowest BCUT2D eigenvalue weighted by Gasteiger charge is -2.28. The van der Waals surface area contributed by atoms with Crippen molar-refractivity contribution >= 4 is 33.6 Å². The Hall–Kier alpha value is -0.179. The van der Waals surface area contributed by atoms with Crippen molar-refractivity contribution in [2.45, 2.75) is 44.4 Å². The lowest BCUT2D eigenvalue weighted by molar-refractivity contribution is -0.140. The fraction of sp³-hybridized carbons (Fsp3) is 0.700. The molecule has 0 aromatic carbocycles. The van der Waals surface area contributed by atoms with Gasteiger partial charge in [-0.15, -0.1) is 0 Å². The monoisotopic (exact) mass is 276 g/mol. The highest BCUT2D eigenvalue weighted by atomic mass is 28.4. The van der Waals surface area contributed by atoms with Crippen LogP contribution in [0.1, 0.15) is 6.42 Å². The van der Waals surface area contributed by atoms with Gasteiger partial charge in [0.2, 0.25) is 9.04 Å². The number of hydrogen-bond donors (Lipinski definition) is 0. The van der Waals surface area contributed by atoms with Crippen molar-refractivity contribution in [1.29, 1.82) is 0 Å². The normalized spacial score (nSPS) is 15.5. The van der Waals surface area contributed by atoms with Crippen LogP contribution in [0.15, 0.2) is 12.7 Å². The largest absolute Gasteiger partial charge is 0.460 e. The highest BCUT2D eigenvalue weighted by Crippen LogP contribution is 2.13. The van der Waals surface area contributed by atoms with Crippen LogP contribution in [-0.2, 0) is 13.6 Å². The fourth-order valence-corrected chi connectivity index (χ4v) is 8.94. The predicted octanol–water partition coefficient (Wildman–Crippen LogP) is 1.00. The molecule has 0 aromatic heterocycles. The molecule has 0 aromatic rings. The molecule has 0 saturated carbocycles. The van der Waals surface area contributed by atoms with Crippen LogP contribution >= 0.6 is 0 Å². The van der Waals surface area contributed by atoms with Gasteiger partial charge in [-0.25, -0.2) is 4.79 Å². The van der Waals surface area contributed by atoms with Crippen molar-refractivity contribution in [1.82, 2.24) is 0 Å². The van der Waals surface area contributed by atoms with E-state index in [1.165, 1.54) is 6.08 Å². The molecular formula is C10H24O3Si3. The van der Waals surface area contributed by atoms with Crippen LogP contribution in [0.4, 0.5) is 0 Å². The summed E-state index contributed by atoms with van der Waals surface area (Å²) in [5.74, 6) is -0.321. The van der Waals surface area contributed by atoms with Gasteiger partial charge in [0.15, 0.2) is 8.32 Å². The average Bonchev–Trinajstić information content (AvgIpc) is 2.14. The minimum atomic E-state index is -1.52. The molecular weight excluding hydrogens is 252 g/mol. The van der Waals surface area contributed by atoms with Crippen molar-refractivity contribution in [3.05, 3.63) is 12.7 Å². The van der Waals surface area contributed by atoms with E-state index in [9.17, 15) is 4.79 Å². The van der Waals surface area contributed by atoms with E-state index in [1.807, 2.05) is 0 Å². The molecule has 0 aliphatic heterocycles. The molecule has 2 atom stereocenters. The van der Waals surface area contributed by atoms with Crippen LogP contribution in [0.25, 0.3) is 0 Å². The molecule has 2 unspecified atom stereocenters. The minimum Gasteiger partial charge on any atom is -0.460 e. The first kappa shape index (κ1) is 15.8. The van der Waals surface area contributed by atoms with E-state index in [4.69, 9.17) is 8.85 Å². The minimum absolute atomic E-state index is 0.00900. The maximum absolute atomic E-state index is 11.2. The maximum atomic E-state index is 11.2. The molecule has 0 bridgehead atoms. The van der Waals surface area contributed by atoms with Crippen molar-refractivity contribution in [3.63, 3.8) is 0 Å². The van der Waals surface area contributed by atoms with Gasteiger partial charge in [0.1, 0.15) is 5.73 Å². The molecule has 0 radical (unpaired) electrons. The molecule has 0 heterocycles. The summed E-state index contributed by atoms with van der Waals surface area (Å²) in [5.41, 5.74) is 0.00900. The van der Waals surface area contributed by atoms with Gasteiger partial charge >= 0.3 is 5.97 Å². The Kier molecular flexibility index (Phi) is 7.13. The molecule has 6 heteroatoms. The first-order valence-electron chi connectivity index (χ1n) is 5.81. The Morgan fingerprint density at radius 2 is 2.12 bits per heavy atom. The standard InChI is InChI=1S/C10H24O3Si3/c1-6-9(11)12-10(7-8-14)15(2)13-16(3,4)5/h6,10,15H,1,7-8H2,2-5,14H3. The fourth-order valence-electron chi connectivity index (χ4n) is 1.50. The van der Waals surface area contributed by atoms with E-state index < -0.39 is 17.4 Å². The third kappa shape index (κ3) is 7.15. The van der Waals surface area contributed by atoms with E-state index in [0.29, 0.717) is 0 Å². The summed E-state index contributed by atoms with van der Waals surface area (Å²) in [5, 5.41) is 0. The molecule has 16 heavy (non-hydrogen) atoms. The van der Waals surface area contributed by atoms with Gasteiger partial charge in [-0.05, 0) is 32.6 Å². The van der Waals surface area contributed by atoms with Gasteiger partial charge in [-0.1, -0.05) is 12.6 Å². The Balaban J connectivity index is 4.39. The van der Waals surface area contributed by atoms with Crippen LogP contribution in [0.5, 0.6) is 0 Å². The predicted molar refractivity (Wildman–Crippen MR) is 76.9 cm³/mol. The Morgan fingerprint density at radius 3 is 2.50 bits per heavy atom. The van der Waals surface area contributed by atoms with E-state index >= 15 is 0 Å². The van der Waals surface area contributed by atoms with Crippen LogP contribution in [0.3, 0.4) is 0 Å². The zero-order chi connectivity index (χ0) is 12.8. The van der Waals surface area contributed by atoms with Gasteiger partial charge in [-0.2, -0.15) is 0 Å². The van der Waals surface area contributed by atoms with Crippen LogP contribution in [0.2, 0.25) is 32.2 Å². The van der Waals surface area contributed by atoms with Crippen molar-refractivity contribution in [2.24, 2.45) is 0 Å². The zero-order valence-corrected chi connectivity index (χ0v) is 15.2. The highest BCUT2D eigenvalue weighted by Gasteiger charge is 2.27. The highest BCUT2D eigenvalue weighted by molar-refractivity contribution is 6.77. The van der Waals surface area contributed by atoms with Crippen molar-refractivity contribution in [3.8, 4) is 0 Å². The van der Waals surface area contributed by atoms with Gasteiger partial charge in [0.25, 0.3) is 0 Å². The summed E-state index contributed by atoms with van der Waals surface area (Å²) in [4.78, 5) is 11.2. The summed E-state index contributed by atoms with van der Waals surface area (Å²) in [6, 6.07) is 1.14. The Labute approximate surface area is 104 Å². The van der Waals surface area contributed by atoms with Gasteiger partial charge in [0.05, 0.1) is 0 Å². The molecule has 0 saturated heterocycles. The second kappa shape index (κ2) is 7.21. The number of carbonyl (C=O) groups is 1. The molecule has 0 aliphatic carbocycles. The third-order valence-corrected chi connectivity index (χ3v) is 8.48. The number of hydrogen-bond acceptors (Lipinski definition) is 3. The van der Waals surface area contributed by atoms with E-state index in [-0.39, 0.29) is 11.7 Å². The van der Waals surface area contributed by atoms with Crippen LogP contribution in [0, 0.1) is 0 Å². The first-order chi connectivity index (χ1) is 7.30. The lowest BCUT2D eigenvalue weighted by atomic mass is 10.5. The average molecular weight is 277 g/mol. The topological polar surface area (TPSA) is 35.5 Å². The molecule has 3 nitrogen and oxygen atoms in total. The van der Waals surface area contributed by atoms with E-state index in [0.717, 1.165) is 22.7 Å². The smallest absolute Gasteiger partial charge is 0.330 e. The van der Waals surface area contributed by atoms with E-state index in [2.05, 4.69) is 32.8 Å². The van der Waals surface area contributed by atoms with Crippen LogP contribution in [-0.4, -0.2) is 39.3 Å². The summed E-state index contributed by atoms with van der Waals surface area (Å²) < 4.78 is 11.5. The van der Waals surface area contributed by atoms with Gasteiger partial charge < -0.3 is 8.85 Å². The molecule has 0 aliphatic rings. The molecule has 0 spiro atoms. The summed E-state index contributed by atoms with van der Waals surface area (Å²) in [7, 11) is -1.82. The first-order valence-corrected chi connectivity index (χ1v) is 12.9. The lowest BCUT2D eigenvalue weighted by Crippen LogP contribution is -2.42. The third-order valence-electron chi connectivity index (χ3n) is 2.07. The SMILES string of the molecule is C=CC(=O)OC(CC[SiH3])[SiH](C)O[Si](C)(C)C. The summed E-state index contributed by atoms with van der Waals surface area (Å²) >= 11 is 0. The number of carbonyl (C=O) groups excluding carboxylic acids is 1. The Morgan fingerprint density at radius 1 is 1.56 bits per heavy atom. The van der Waals surface area contributed by atoms with Crippen LogP contribution < -0.4 is 0 Å².